The van der Waals surface area contributed by atoms with Gasteiger partial charge in [0.05, 0.1) is 12.2 Å². The molecule has 0 atom stereocenters. The molecule has 3 N–H and O–H groups in total. The average Bonchev–Trinajstić information content (AvgIpc) is 3.19. The number of amides is 1. The van der Waals surface area contributed by atoms with Gasteiger partial charge in [-0.1, -0.05) is 29.5 Å². The standard InChI is InChI=1S/C20H28N6O/c21-17-5-7-18(8-6-17)26-14-19(23-24-26)20(27)22-10-12-25-11-9-15-3-1-2-4-16(15)13-25/h1-4,14,17-18H,5-13,21H2,(H,22,27). The van der Waals surface area contributed by atoms with Crippen LogP contribution in [0, 0.1) is 0 Å². The Labute approximate surface area is 159 Å². The van der Waals surface area contributed by atoms with Gasteiger partial charge in [0.1, 0.15) is 0 Å². The van der Waals surface area contributed by atoms with Crippen LogP contribution in [-0.2, 0) is 13.0 Å². The van der Waals surface area contributed by atoms with Gasteiger partial charge in [0.2, 0.25) is 0 Å². The molecule has 1 aliphatic carbocycles. The molecule has 2 aliphatic rings. The van der Waals surface area contributed by atoms with Crippen molar-refractivity contribution in [3.05, 3.63) is 47.3 Å². The van der Waals surface area contributed by atoms with Gasteiger partial charge in [0.15, 0.2) is 5.69 Å². The van der Waals surface area contributed by atoms with Gasteiger partial charge in [-0.15, -0.1) is 5.10 Å². The van der Waals surface area contributed by atoms with E-state index in [1.165, 1.54) is 11.1 Å². The van der Waals surface area contributed by atoms with Crippen molar-refractivity contribution in [3.8, 4) is 0 Å². The van der Waals surface area contributed by atoms with Crippen molar-refractivity contribution in [2.75, 3.05) is 19.6 Å². The lowest BCUT2D eigenvalue weighted by molar-refractivity contribution is 0.0942. The molecule has 1 fully saturated rings. The first-order valence-corrected chi connectivity index (χ1v) is 9.94. The first-order chi connectivity index (χ1) is 13.2. The summed E-state index contributed by atoms with van der Waals surface area (Å²) in [4.78, 5) is 14.7. The lowest BCUT2D eigenvalue weighted by Crippen LogP contribution is -2.37. The molecule has 0 unspecified atom stereocenters. The smallest absolute Gasteiger partial charge is 0.273 e. The number of nitrogens with one attached hydrogen (secondary N) is 1. The summed E-state index contributed by atoms with van der Waals surface area (Å²) in [6, 6.07) is 9.20. The molecule has 0 saturated heterocycles. The summed E-state index contributed by atoms with van der Waals surface area (Å²) in [5.41, 5.74) is 9.19. The second kappa shape index (κ2) is 8.19. The number of carbonyl (C=O) groups is 1. The van der Waals surface area contributed by atoms with E-state index < -0.39 is 0 Å². The SMILES string of the molecule is NC1CCC(n2cc(C(=O)NCCN3CCc4ccccc4C3)nn2)CC1. The fourth-order valence-corrected chi connectivity index (χ4v) is 4.09. The average molecular weight is 368 g/mol. The minimum atomic E-state index is -0.147. The van der Waals surface area contributed by atoms with Crippen molar-refractivity contribution < 1.29 is 4.79 Å². The zero-order valence-electron chi connectivity index (χ0n) is 15.7. The highest BCUT2D eigenvalue weighted by atomic mass is 16.2. The van der Waals surface area contributed by atoms with E-state index in [0.717, 1.165) is 51.7 Å². The maximum atomic E-state index is 12.4. The summed E-state index contributed by atoms with van der Waals surface area (Å²) in [6.45, 7) is 3.44. The van der Waals surface area contributed by atoms with Gasteiger partial charge in [-0.25, -0.2) is 4.68 Å². The van der Waals surface area contributed by atoms with E-state index in [1.807, 2.05) is 4.68 Å². The van der Waals surface area contributed by atoms with E-state index in [1.54, 1.807) is 6.20 Å². The number of rotatable bonds is 5. The molecule has 2 heterocycles. The first-order valence-electron chi connectivity index (χ1n) is 9.94. The number of carbonyl (C=O) groups excluding carboxylic acids is 1. The van der Waals surface area contributed by atoms with Crippen molar-refractivity contribution in [1.29, 1.82) is 0 Å². The minimum absolute atomic E-state index is 0.147. The monoisotopic (exact) mass is 368 g/mol. The van der Waals surface area contributed by atoms with Crippen LogP contribution in [-0.4, -0.2) is 51.5 Å². The summed E-state index contributed by atoms with van der Waals surface area (Å²) < 4.78 is 1.84. The maximum absolute atomic E-state index is 12.4. The van der Waals surface area contributed by atoms with Gasteiger partial charge in [0, 0.05) is 32.2 Å². The summed E-state index contributed by atoms with van der Waals surface area (Å²) >= 11 is 0. The number of nitrogens with zero attached hydrogens (tertiary/aromatic N) is 4. The zero-order chi connectivity index (χ0) is 18.6. The molecule has 1 aliphatic heterocycles. The molecule has 2 aromatic rings. The summed E-state index contributed by atoms with van der Waals surface area (Å²) in [6.07, 6.45) is 6.86. The van der Waals surface area contributed by atoms with Gasteiger partial charge in [-0.2, -0.15) is 0 Å². The Morgan fingerprint density at radius 1 is 1.19 bits per heavy atom. The Morgan fingerprint density at radius 2 is 1.96 bits per heavy atom. The molecule has 1 amide bonds. The summed E-state index contributed by atoms with van der Waals surface area (Å²) in [5.74, 6) is -0.147. The molecule has 4 rings (SSSR count). The number of aromatic nitrogens is 3. The molecule has 0 radical (unpaired) electrons. The molecule has 27 heavy (non-hydrogen) atoms. The highest BCUT2D eigenvalue weighted by molar-refractivity contribution is 5.91. The van der Waals surface area contributed by atoms with E-state index in [4.69, 9.17) is 5.73 Å². The quantitative estimate of drug-likeness (QED) is 0.835. The second-order valence-electron chi connectivity index (χ2n) is 7.70. The second-order valence-corrected chi connectivity index (χ2v) is 7.70. The van der Waals surface area contributed by atoms with Crippen LogP contribution in [0.1, 0.15) is 53.3 Å². The number of fused-ring (bicyclic) bond motifs is 1. The summed E-state index contributed by atoms with van der Waals surface area (Å²) in [7, 11) is 0. The third kappa shape index (κ3) is 4.36. The van der Waals surface area contributed by atoms with Crippen LogP contribution in [0.15, 0.2) is 30.5 Å². The van der Waals surface area contributed by atoms with E-state index in [9.17, 15) is 4.79 Å². The highest BCUT2D eigenvalue weighted by Gasteiger charge is 2.22. The van der Waals surface area contributed by atoms with Gasteiger partial charge in [0.25, 0.3) is 5.91 Å². The van der Waals surface area contributed by atoms with Gasteiger partial charge < -0.3 is 11.1 Å². The number of hydrogen-bond acceptors (Lipinski definition) is 5. The van der Waals surface area contributed by atoms with Crippen molar-refractivity contribution in [1.82, 2.24) is 25.2 Å². The van der Waals surface area contributed by atoms with Gasteiger partial charge >= 0.3 is 0 Å². The first kappa shape index (κ1) is 18.1. The van der Waals surface area contributed by atoms with Crippen LogP contribution in [0.25, 0.3) is 0 Å². The predicted molar refractivity (Wildman–Crippen MR) is 103 cm³/mol. The van der Waals surface area contributed by atoms with Crippen LogP contribution in [0.4, 0.5) is 0 Å². The number of nitrogens with two attached hydrogens (primary N) is 1. The Balaban J connectivity index is 1.24. The fourth-order valence-electron chi connectivity index (χ4n) is 4.09. The van der Waals surface area contributed by atoms with E-state index in [2.05, 4.69) is 44.8 Å². The highest BCUT2D eigenvalue weighted by Crippen LogP contribution is 2.26. The van der Waals surface area contributed by atoms with Crippen molar-refractivity contribution >= 4 is 5.91 Å². The topological polar surface area (TPSA) is 89.1 Å². The number of benzene rings is 1. The van der Waals surface area contributed by atoms with Gasteiger partial charge in [-0.05, 0) is 43.2 Å². The van der Waals surface area contributed by atoms with E-state index in [-0.39, 0.29) is 5.91 Å². The molecule has 144 valence electrons. The van der Waals surface area contributed by atoms with Gasteiger partial charge in [-0.3, -0.25) is 9.69 Å². The van der Waals surface area contributed by atoms with Crippen LogP contribution in [0.2, 0.25) is 0 Å². The molecule has 1 saturated carbocycles. The molecule has 0 spiro atoms. The lowest BCUT2D eigenvalue weighted by Gasteiger charge is -2.28. The molecular weight excluding hydrogens is 340 g/mol. The van der Waals surface area contributed by atoms with Crippen LogP contribution in [0.3, 0.4) is 0 Å². The van der Waals surface area contributed by atoms with Crippen molar-refractivity contribution in [2.45, 2.75) is 50.7 Å². The molecular formula is C20H28N6O. The van der Waals surface area contributed by atoms with Crippen LogP contribution >= 0.6 is 0 Å². The molecule has 1 aromatic carbocycles. The predicted octanol–water partition coefficient (Wildman–Crippen LogP) is 1.51. The Hall–Kier alpha value is -2.25. The Morgan fingerprint density at radius 3 is 2.78 bits per heavy atom. The van der Waals surface area contributed by atoms with Crippen LogP contribution < -0.4 is 11.1 Å². The van der Waals surface area contributed by atoms with E-state index >= 15 is 0 Å². The fraction of sp³-hybridized carbons (Fsp3) is 0.550. The minimum Gasteiger partial charge on any atom is -0.349 e. The van der Waals surface area contributed by atoms with Crippen molar-refractivity contribution in [3.63, 3.8) is 0 Å². The lowest BCUT2D eigenvalue weighted by atomic mass is 9.92. The zero-order valence-corrected chi connectivity index (χ0v) is 15.7. The normalized spacial score (nSPS) is 23.0. The van der Waals surface area contributed by atoms with Crippen LogP contribution in [0.5, 0.6) is 0 Å². The largest absolute Gasteiger partial charge is 0.349 e. The molecule has 1 aromatic heterocycles. The Kier molecular flexibility index (Phi) is 5.50. The third-order valence-electron chi connectivity index (χ3n) is 5.78. The molecule has 7 nitrogen and oxygen atoms in total. The molecule has 0 bridgehead atoms. The maximum Gasteiger partial charge on any atom is 0.273 e. The summed E-state index contributed by atoms with van der Waals surface area (Å²) in [5, 5.41) is 11.2. The Bertz CT molecular complexity index is 780. The number of hydrogen-bond donors (Lipinski definition) is 2. The molecule has 7 heteroatoms. The third-order valence-corrected chi connectivity index (χ3v) is 5.78. The van der Waals surface area contributed by atoms with Crippen molar-refractivity contribution in [2.24, 2.45) is 5.73 Å². The van der Waals surface area contributed by atoms with E-state index in [0.29, 0.717) is 24.3 Å².